The summed E-state index contributed by atoms with van der Waals surface area (Å²) in [5.41, 5.74) is 5.96. The highest BCUT2D eigenvalue weighted by atomic mass is 79.9. The predicted molar refractivity (Wildman–Crippen MR) is 84.3 cm³/mol. The van der Waals surface area contributed by atoms with Crippen molar-refractivity contribution < 1.29 is 4.42 Å². The van der Waals surface area contributed by atoms with Crippen molar-refractivity contribution in [1.29, 1.82) is 0 Å². The first-order valence-corrected chi connectivity index (χ1v) is 7.19. The number of nitrogens with two attached hydrogens (primary N) is 1. The number of fused-ring (bicyclic) bond motifs is 1. The Hall–Kier alpha value is -1.62. The maximum absolute atomic E-state index is 5.96. The lowest BCUT2D eigenvalue weighted by Gasteiger charge is -2.14. The highest BCUT2D eigenvalue weighted by Gasteiger charge is 2.18. The van der Waals surface area contributed by atoms with E-state index < -0.39 is 0 Å². The fourth-order valence-corrected chi connectivity index (χ4v) is 2.84. The summed E-state index contributed by atoms with van der Waals surface area (Å²) in [5, 5.41) is 1.06. The Kier molecular flexibility index (Phi) is 3.61. The van der Waals surface area contributed by atoms with Crippen LogP contribution in [0.1, 0.15) is 22.9 Å². The van der Waals surface area contributed by atoms with Gasteiger partial charge < -0.3 is 4.42 Å². The van der Waals surface area contributed by atoms with Crippen LogP contribution in [-0.2, 0) is 0 Å². The lowest BCUT2D eigenvalue weighted by Crippen LogP contribution is -2.28. The smallest absolute Gasteiger partial charge is 0.148 e. The first kappa shape index (κ1) is 13.4. The Labute approximate surface area is 125 Å². The molecule has 1 unspecified atom stereocenters. The van der Waals surface area contributed by atoms with Crippen molar-refractivity contribution in [1.82, 2.24) is 5.43 Å². The van der Waals surface area contributed by atoms with Gasteiger partial charge in [-0.3, -0.25) is 5.84 Å². The maximum atomic E-state index is 5.96. The Morgan fingerprint density at radius 1 is 1.15 bits per heavy atom. The number of hydrazine groups is 1. The minimum absolute atomic E-state index is 0.158. The topological polar surface area (TPSA) is 51.2 Å². The van der Waals surface area contributed by atoms with Crippen LogP contribution in [0.3, 0.4) is 0 Å². The summed E-state index contributed by atoms with van der Waals surface area (Å²) in [6.45, 7) is 2.06. The third kappa shape index (κ3) is 2.38. The molecule has 1 heterocycles. The quantitative estimate of drug-likeness (QED) is 0.562. The SMILES string of the molecule is Cc1cccc(C(NN)c2cc3cccc(Br)c3o2)c1. The maximum Gasteiger partial charge on any atom is 0.148 e. The highest BCUT2D eigenvalue weighted by Crippen LogP contribution is 2.31. The van der Waals surface area contributed by atoms with Gasteiger partial charge in [0.15, 0.2) is 0 Å². The highest BCUT2D eigenvalue weighted by molar-refractivity contribution is 9.10. The van der Waals surface area contributed by atoms with Crippen molar-refractivity contribution in [3.05, 3.63) is 69.9 Å². The number of para-hydroxylation sites is 1. The van der Waals surface area contributed by atoms with Gasteiger partial charge >= 0.3 is 0 Å². The van der Waals surface area contributed by atoms with Crippen LogP contribution in [-0.4, -0.2) is 0 Å². The molecular weight excluding hydrogens is 316 g/mol. The van der Waals surface area contributed by atoms with E-state index in [0.717, 1.165) is 26.8 Å². The van der Waals surface area contributed by atoms with Gasteiger partial charge in [-0.1, -0.05) is 42.0 Å². The van der Waals surface area contributed by atoms with Crippen LogP contribution in [0.5, 0.6) is 0 Å². The van der Waals surface area contributed by atoms with Crippen LogP contribution in [0, 0.1) is 6.92 Å². The molecule has 0 aliphatic rings. The molecule has 20 heavy (non-hydrogen) atoms. The molecule has 3 aromatic rings. The van der Waals surface area contributed by atoms with E-state index in [1.807, 2.05) is 36.4 Å². The zero-order chi connectivity index (χ0) is 14.1. The van der Waals surface area contributed by atoms with Gasteiger partial charge in [-0.2, -0.15) is 0 Å². The average Bonchev–Trinajstić information content (AvgIpc) is 2.85. The second kappa shape index (κ2) is 5.40. The molecule has 0 saturated carbocycles. The molecule has 3 rings (SSSR count). The Morgan fingerprint density at radius 3 is 2.65 bits per heavy atom. The van der Waals surface area contributed by atoms with Crippen LogP contribution in [0.15, 0.2) is 57.4 Å². The predicted octanol–water partition coefficient (Wildman–Crippen LogP) is 4.06. The molecular formula is C16H15BrN2O. The Morgan fingerprint density at radius 2 is 1.95 bits per heavy atom. The first-order valence-electron chi connectivity index (χ1n) is 6.39. The van der Waals surface area contributed by atoms with Gasteiger partial charge in [0.25, 0.3) is 0 Å². The van der Waals surface area contributed by atoms with E-state index in [1.165, 1.54) is 5.56 Å². The van der Waals surface area contributed by atoms with E-state index in [-0.39, 0.29) is 6.04 Å². The second-order valence-corrected chi connectivity index (χ2v) is 5.68. The van der Waals surface area contributed by atoms with E-state index >= 15 is 0 Å². The summed E-state index contributed by atoms with van der Waals surface area (Å²) in [5.74, 6) is 6.53. The minimum Gasteiger partial charge on any atom is -0.458 e. The van der Waals surface area contributed by atoms with Gasteiger partial charge in [0.2, 0.25) is 0 Å². The van der Waals surface area contributed by atoms with E-state index in [9.17, 15) is 0 Å². The van der Waals surface area contributed by atoms with Crippen molar-refractivity contribution >= 4 is 26.9 Å². The molecule has 0 fully saturated rings. The second-order valence-electron chi connectivity index (χ2n) is 4.82. The third-order valence-corrected chi connectivity index (χ3v) is 3.97. The normalized spacial score (nSPS) is 12.8. The molecule has 3 N–H and O–H groups in total. The number of rotatable bonds is 3. The monoisotopic (exact) mass is 330 g/mol. The van der Waals surface area contributed by atoms with Gasteiger partial charge in [-0.15, -0.1) is 0 Å². The summed E-state index contributed by atoms with van der Waals surface area (Å²) in [4.78, 5) is 0. The summed E-state index contributed by atoms with van der Waals surface area (Å²) in [6, 6.07) is 16.1. The van der Waals surface area contributed by atoms with Gasteiger partial charge in [0.05, 0.1) is 4.47 Å². The lowest BCUT2D eigenvalue weighted by atomic mass is 10.0. The van der Waals surface area contributed by atoms with Crippen LogP contribution < -0.4 is 11.3 Å². The lowest BCUT2D eigenvalue weighted by molar-refractivity contribution is 0.476. The van der Waals surface area contributed by atoms with Crippen molar-refractivity contribution in [3.8, 4) is 0 Å². The van der Waals surface area contributed by atoms with Crippen LogP contribution in [0.4, 0.5) is 0 Å². The fourth-order valence-electron chi connectivity index (χ4n) is 2.38. The molecule has 0 aliphatic carbocycles. The molecule has 0 saturated heterocycles. The average molecular weight is 331 g/mol. The number of halogens is 1. The largest absolute Gasteiger partial charge is 0.458 e. The van der Waals surface area contributed by atoms with E-state index in [0.29, 0.717) is 0 Å². The van der Waals surface area contributed by atoms with Gasteiger partial charge in [-0.05, 0) is 40.5 Å². The molecule has 0 radical (unpaired) electrons. The van der Waals surface area contributed by atoms with Crippen LogP contribution >= 0.6 is 15.9 Å². The molecule has 4 heteroatoms. The number of hydrogen-bond acceptors (Lipinski definition) is 3. The number of nitrogens with one attached hydrogen (secondary N) is 1. The first-order chi connectivity index (χ1) is 9.69. The summed E-state index contributed by atoms with van der Waals surface area (Å²) in [7, 11) is 0. The van der Waals surface area contributed by atoms with Gasteiger partial charge in [0.1, 0.15) is 17.4 Å². The molecule has 2 aromatic carbocycles. The summed E-state index contributed by atoms with van der Waals surface area (Å²) >= 11 is 3.50. The molecule has 0 amide bonds. The third-order valence-electron chi connectivity index (χ3n) is 3.34. The van der Waals surface area contributed by atoms with Crippen molar-refractivity contribution in [3.63, 3.8) is 0 Å². The summed E-state index contributed by atoms with van der Waals surface area (Å²) in [6.07, 6.45) is 0. The molecule has 102 valence electrons. The molecule has 1 aromatic heterocycles. The van der Waals surface area contributed by atoms with Crippen LogP contribution in [0.2, 0.25) is 0 Å². The van der Waals surface area contributed by atoms with Gasteiger partial charge in [-0.25, -0.2) is 5.43 Å². The van der Waals surface area contributed by atoms with Crippen molar-refractivity contribution in [2.75, 3.05) is 0 Å². The molecule has 0 spiro atoms. The number of aryl methyl sites for hydroxylation is 1. The fraction of sp³-hybridized carbons (Fsp3) is 0.125. The molecule has 1 atom stereocenters. The number of benzene rings is 2. The van der Waals surface area contributed by atoms with Crippen molar-refractivity contribution in [2.24, 2.45) is 5.84 Å². The zero-order valence-corrected chi connectivity index (χ0v) is 12.6. The number of furan rings is 1. The molecule has 3 nitrogen and oxygen atoms in total. The minimum atomic E-state index is -0.158. The standard InChI is InChI=1S/C16H15BrN2O/c1-10-4-2-5-11(8-10)15(19-18)14-9-12-6-3-7-13(17)16(12)20-14/h2-9,15,19H,18H2,1H3. The molecule has 0 bridgehead atoms. The van der Waals surface area contributed by atoms with Gasteiger partial charge in [0, 0.05) is 5.39 Å². The zero-order valence-electron chi connectivity index (χ0n) is 11.1. The molecule has 0 aliphatic heterocycles. The van der Waals surface area contributed by atoms with E-state index in [1.54, 1.807) is 0 Å². The Bertz CT molecular complexity index is 751. The van der Waals surface area contributed by atoms with Crippen molar-refractivity contribution in [2.45, 2.75) is 13.0 Å². The van der Waals surface area contributed by atoms with E-state index in [2.05, 4.69) is 40.4 Å². The Balaban J connectivity index is 2.09. The van der Waals surface area contributed by atoms with Crippen LogP contribution in [0.25, 0.3) is 11.0 Å². The van der Waals surface area contributed by atoms with E-state index in [4.69, 9.17) is 10.3 Å². The number of hydrogen-bond donors (Lipinski definition) is 2. The summed E-state index contributed by atoms with van der Waals surface area (Å²) < 4.78 is 6.90.